The van der Waals surface area contributed by atoms with Gasteiger partial charge in [0.15, 0.2) is 0 Å². The number of ether oxygens (including phenoxy) is 1. The minimum atomic E-state index is -0.794. The Morgan fingerprint density at radius 1 is 1.17 bits per heavy atom. The number of ketones is 1. The molecule has 1 atom stereocenters. The number of amides is 1. The molecule has 30 heavy (non-hydrogen) atoms. The van der Waals surface area contributed by atoms with E-state index in [9.17, 15) is 19.1 Å². The van der Waals surface area contributed by atoms with Gasteiger partial charge in [-0.25, -0.2) is 4.39 Å². The quantitative estimate of drug-likeness (QED) is 0.430. The van der Waals surface area contributed by atoms with E-state index in [1.807, 2.05) is 25.1 Å². The van der Waals surface area contributed by atoms with Crippen molar-refractivity contribution >= 4 is 17.4 Å². The second kappa shape index (κ2) is 9.09. The summed E-state index contributed by atoms with van der Waals surface area (Å²) in [7, 11) is 5.25. The molecule has 6 nitrogen and oxygen atoms in total. The van der Waals surface area contributed by atoms with E-state index in [0.29, 0.717) is 18.5 Å². The number of aliphatic hydroxyl groups excluding tert-OH is 1. The lowest BCUT2D eigenvalue weighted by molar-refractivity contribution is -0.139. The number of carbonyl (C=O) groups is 2. The van der Waals surface area contributed by atoms with Gasteiger partial charge in [0.25, 0.3) is 11.7 Å². The second-order valence-electron chi connectivity index (χ2n) is 7.40. The fourth-order valence-electron chi connectivity index (χ4n) is 3.66. The molecule has 0 aliphatic carbocycles. The first-order chi connectivity index (χ1) is 14.3. The molecular formula is C23H25FN2O4. The van der Waals surface area contributed by atoms with Crippen molar-refractivity contribution in [2.75, 3.05) is 34.3 Å². The number of likely N-dealkylation sites (tertiary alicyclic amines) is 1. The Bertz CT molecular complexity index is 972. The summed E-state index contributed by atoms with van der Waals surface area (Å²) >= 11 is 0. The van der Waals surface area contributed by atoms with E-state index < -0.39 is 29.3 Å². The van der Waals surface area contributed by atoms with E-state index in [-0.39, 0.29) is 16.9 Å². The minimum Gasteiger partial charge on any atom is -0.507 e. The Morgan fingerprint density at radius 3 is 2.50 bits per heavy atom. The van der Waals surface area contributed by atoms with Crippen LogP contribution in [0.5, 0.6) is 5.75 Å². The van der Waals surface area contributed by atoms with Gasteiger partial charge in [-0.05, 0) is 50.8 Å². The summed E-state index contributed by atoms with van der Waals surface area (Å²) in [4.78, 5) is 29.2. The highest BCUT2D eigenvalue weighted by Crippen LogP contribution is 2.41. The lowest BCUT2D eigenvalue weighted by Gasteiger charge is -2.26. The van der Waals surface area contributed by atoms with Crippen molar-refractivity contribution in [1.29, 1.82) is 0 Å². The van der Waals surface area contributed by atoms with Crippen LogP contribution in [0, 0.1) is 5.82 Å². The zero-order chi connectivity index (χ0) is 21.8. The third kappa shape index (κ3) is 4.21. The number of Topliss-reactive ketones (excluding diaryl/α,β-unsaturated/α-hetero) is 1. The summed E-state index contributed by atoms with van der Waals surface area (Å²) in [6.07, 6.45) is 0.659. The molecule has 1 fully saturated rings. The molecule has 1 N–H and O–H groups in total. The fraction of sp³-hybridized carbons (Fsp3) is 0.304. The molecule has 1 amide bonds. The maximum absolute atomic E-state index is 13.9. The van der Waals surface area contributed by atoms with Crippen molar-refractivity contribution in [2.45, 2.75) is 12.5 Å². The molecule has 1 aliphatic heterocycles. The highest BCUT2D eigenvalue weighted by Gasteiger charge is 2.46. The smallest absolute Gasteiger partial charge is 0.295 e. The number of halogens is 1. The number of benzene rings is 2. The van der Waals surface area contributed by atoms with E-state index in [1.165, 1.54) is 24.1 Å². The average molecular weight is 412 g/mol. The number of carbonyl (C=O) groups excluding carboxylic acids is 2. The van der Waals surface area contributed by atoms with Crippen LogP contribution >= 0.6 is 0 Å². The molecule has 158 valence electrons. The van der Waals surface area contributed by atoms with E-state index >= 15 is 0 Å². The van der Waals surface area contributed by atoms with Crippen molar-refractivity contribution in [3.05, 3.63) is 71.0 Å². The van der Waals surface area contributed by atoms with E-state index in [2.05, 4.69) is 0 Å². The van der Waals surface area contributed by atoms with Gasteiger partial charge in [-0.3, -0.25) is 9.59 Å². The number of hydrogen-bond acceptors (Lipinski definition) is 5. The van der Waals surface area contributed by atoms with Gasteiger partial charge in [-0.2, -0.15) is 0 Å². The molecule has 1 aliphatic rings. The molecule has 7 heteroatoms. The molecule has 0 aromatic heterocycles. The summed E-state index contributed by atoms with van der Waals surface area (Å²) < 4.78 is 19.1. The van der Waals surface area contributed by atoms with E-state index in [1.54, 1.807) is 24.3 Å². The Morgan fingerprint density at radius 2 is 1.87 bits per heavy atom. The van der Waals surface area contributed by atoms with Crippen molar-refractivity contribution in [1.82, 2.24) is 9.80 Å². The fourth-order valence-corrected chi connectivity index (χ4v) is 3.66. The molecule has 0 saturated carbocycles. The third-order valence-corrected chi connectivity index (χ3v) is 5.08. The van der Waals surface area contributed by atoms with Crippen LogP contribution in [-0.4, -0.2) is 60.9 Å². The number of rotatable bonds is 7. The van der Waals surface area contributed by atoms with Crippen LogP contribution in [0.25, 0.3) is 5.76 Å². The molecule has 2 aromatic rings. The number of hydrogen-bond donors (Lipinski definition) is 1. The summed E-state index contributed by atoms with van der Waals surface area (Å²) in [6, 6.07) is 11.9. The van der Waals surface area contributed by atoms with Crippen LogP contribution in [0.3, 0.4) is 0 Å². The predicted molar refractivity (Wildman–Crippen MR) is 112 cm³/mol. The highest BCUT2D eigenvalue weighted by molar-refractivity contribution is 6.46. The second-order valence-corrected chi connectivity index (χ2v) is 7.40. The first-order valence-corrected chi connectivity index (χ1v) is 9.67. The van der Waals surface area contributed by atoms with Crippen LogP contribution in [-0.2, 0) is 9.59 Å². The van der Waals surface area contributed by atoms with E-state index in [0.717, 1.165) is 12.6 Å². The molecule has 0 spiro atoms. The first kappa shape index (κ1) is 21.5. The summed E-state index contributed by atoms with van der Waals surface area (Å²) in [5, 5.41) is 11.0. The third-order valence-electron chi connectivity index (χ3n) is 5.08. The van der Waals surface area contributed by atoms with Gasteiger partial charge < -0.3 is 19.6 Å². The molecule has 3 rings (SSSR count). The summed E-state index contributed by atoms with van der Waals surface area (Å²) in [6.45, 7) is 1.08. The monoisotopic (exact) mass is 412 g/mol. The molecular weight excluding hydrogens is 387 g/mol. The van der Waals surface area contributed by atoms with Gasteiger partial charge in [-0.1, -0.05) is 30.3 Å². The predicted octanol–water partition coefficient (Wildman–Crippen LogP) is 3.21. The van der Waals surface area contributed by atoms with Crippen LogP contribution in [0.2, 0.25) is 0 Å². The largest absolute Gasteiger partial charge is 0.507 e. The molecule has 2 aromatic carbocycles. The normalized spacial score (nSPS) is 18.3. The Balaban J connectivity index is 2.13. The van der Waals surface area contributed by atoms with Crippen molar-refractivity contribution in [3.63, 3.8) is 0 Å². The summed E-state index contributed by atoms with van der Waals surface area (Å²) in [5.74, 6) is -2.31. The van der Waals surface area contributed by atoms with Crippen LogP contribution in [0.15, 0.2) is 54.1 Å². The zero-order valence-electron chi connectivity index (χ0n) is 17.3. The van der Waals surface area contributed by atoms with Gasteiger partial charge in [0.05, 0.1) is 24.3 Å². The molecule has 1 heterocycles. The maximum Gasteiger partial charge on any atom is 0.295 e. The van der Waals surface area contributed by atoms with Gasteiger partial charge in [0.1, 0.15) is 17.3 Å². The molecule has 1 saturated heterocycles. The van der Waals surface area contributed by atoms with Gasteiger partial charge in [-0.15, -0.1) is 0 Å². The van der Waals surface area contributed by atoms with Gasteiger partial charge >= 0.3 is 0 Å². The SMILES string of the molecule is COc1ccc(F)cc1/C(O)=C1\C(=O)C(=O)N(CCCN(C)C)C1c1ccccc1. The lowest BCUT2D eigenvalue weighted by atomic mass is 9.95. The minimum absolute atomic E-state index is 0.0322. The van der Waals surface area contributed by atoms with Crippen LogP contribution in [0.1, 0.15) is 23.6 Å². The van der Waals surface area contributed by atoms with Gasteiger partial charge in [0, 0.05) is 6.54 Å². The zero-order valence-corrected chi connectivity index (χ0v) is 17.3. The average Bonchev–Trinajstić information content (AvgIpc) is 2.98. The Hall–Kier alpha value is -3.19. The molecule has 1 unspecified atom stereocenters. The Kier molecular flexibility index (Phi) is 6.52. The number of nitrogens with zero attached hydrogens (tertiary/aromatic N) is 2. The topological polar surface area (TPSA) is 70.1 Å². The number of methoxy groups -OCH3 is 1. The van der Waals surface area contributed by atoms with Crippen molar-refractivity contribution < 1.29 is 23.8 Å². The van der Waals surface area contributed by atoms with E-state index in [4.69, 9.17) is 4.74 Å². The van der Waals surface area contributed by atoms with Crippen molar-refractivity contribution in [3.8, 4) is 5.75 Å². The van der Waals surface area contributed by atoms with Crippen molar-refractivity contribution in [2.24, 2.45) is 0 Å². The molecule has 0 bridgehead atoms. The summed E-state index contributed by atoms with van der Waals surface area (Å²) in [5.41, 5.74) is 0.656. The Labute approximate surface area is 175 Å². The lowest BCUT2D eigenvalue weighted by Crippen LogP contribution is -2.32. The maximum atomic E-state index is 13.9. The molecule has 0 radical (unpaired) electrons. The van der Waals surface area contributed by atoms with Crippen LogP contribution < -0.4 is 4.74 Å². The van der Waals surface area contributed by atoms with Crippen LogP contribution in [0.4, 0.5) is 4.39 Å². The van der Waals surface area contributed by atoms with Gasteiger partial charge in [0.2, 0.25) is 0 Å². The standard InChI is InChI=1S/C23H25FN2O4/c1-25(2)12-7-13-26-20(15-8-5-4-6-9-15)19(22(28)23(26)29)21(27)17-14-16(24)10-11-18(17)30-3/h4-6,8-11,14,20,27H,7,12-13H2,1-3H3/b21-19+. The highest BCUT2D eigenvalue weighted by atomic mass is 19.1. The first-order valence-electron chi connectivity index (χ1n) is 9.67. The number of aliphatic hydroxyl groups is 1.